The zero-order chi connectivity index (χ0) is 17.7. The van der Waals surface area contributed by atoms with Gasteiger partial charge < -0.3 is 14.4 Å². The van der Waals surface area contributed by atoms with E-state index in [0.29, 0.717) is 23.4 Å². The Morgan fingerprint density at radius 1 is 1.32 bits per heavy atom. The lowest BCUT2D eigenvalue weighted by molar-refractivity contribution is -0.163. The second-order valence-electron chi connectivity index (χ2n) is 6.73. The van der Waals surface area contributed by atoms with Gasteiger partial charge in [-0.3, -0.25) is 0 Å². The van der Waals surface area contributed by atoms with Gasteiger partial charge >= 0.3 is 5.97 Å². The molecule has 0 aliphatic heterocycles. The van der Waals surface area contributed by atoms with E-state index in [2.05, 4.69) is 12.1 Å². The topological polar surface area (TPSA) is 72.6 Å². The molecule has 0 saturated heterocycles. The van der Waals surface area contributed by atoms with Crippen molar-refractivity contribution in [3.8, 4) is 5.75 Å². The fourth-order valence-corrected chi connectivity index (χ4v) is 3.58. The van der Waals surface area contributed by atoms with Crippen molar-refractivity contribution in [2.75, 3.05) is 0 Å². The van der Waals surface area contributed by atoms with Crippen molar-refractivity contribution in [1.82, 2.24) is 5.16 Å². The Labute approximate surface area is 148 Å². The quantitative estimate of drug-likeness (QED) is 0.769. The second-order valence-corrected chi connectivity index (χ2v) is 6.73. The number of rotatable bonds is 7. The second kappa shape index (κ2) is 7.83. The van der Waals surface area contributed by atoms with Crippen LogP contribution < -0.4 is 4.74 Å². The van der Waals surface area contributed by atoms with Crippen molar-refractivity contribution in [2.24, 2.45) is 5.92 Å². The van der Waals surface area contributed by atoms with Crippen LogP contribution in [0.15, 0.2) is 41.1 Å². The van der Waals surface area contributed by atoms with Gasteiger partial charge in [-0.2, -0.15) is 0 Å². The fraction of sp³-hybridized carbons (Fsp3) is 0.500. The number of aryl methyl sites for hydroxylation is 1. The van der Waals surface area contributed by atoms with Crippen LogP contribution in [0.2, 0.25) is 0 Å². The zero-order valence-corrected chi connectivity index (χ0v) is 14.6. The SMILES string of the molecule is CCCCc1nocc1OC(=O)C(O)(c1ccccc1)C1CCCC1. The molecular formula is C20H25NO4. The minimum absolute atomic E-state index is 0.138. The Hall–Kier alpha value is -2.14. The molecule has 25 heavy (non-hydrogen) atoms. The van der Waals surface area contributed by atoms with Crippen LogP contribution >= 0.6 is 0 Å². The van der Waals surface area contributed by atoms with Gasteiger partial charge in [0.05, 0.1) is 0 Å². The number of unbranched alkanes of at least 4 members (excludes halogenated alkanes) is 1. The summed E-state index contributed by atoms with van der Waals surface area (Å²) in [7, 11) is 0. The van der Waals surface area contributed by atoms with Crippen LogP contribution in [0.3, 0.4) is 0 Å². The first-order chi connectivity index (χ1) is 12.2. The average Bonchev–Trinajstić information content (AvgIpc) is 3.32. The molecule has 5 nitrogen and oxygen atoms in total. The highest BCUT2D eigenvalue weighted by molar-refractivity contribution is 5.83. The predicted octanol–water partition coefficient (Wildman–Crippen LogP) is 4.00. The summed E-state index contributed by atoms with van der Waals surface area (Å²) in [5, 5.41) is 15.3. The molecule has 0 bridgehead atoms. The van der Waals surface area contributed by atoms with Crippen molar-refractivity contribution >= 4 is 5.97 Å². The number of ether oxygens (including phenoxy) is 1. The van der Waals surface area contributed by atoms with E-state index in [1.54, 1.807) is 12.1 Å². The molecule has 1 aromatic heterocycles. The average molecular weight is 343 g/mol. The summed E-state index contributed by atoms with van der Waals surface area (Å²) in [4.78, 5) is 13.0. The number of hydrogen-bond donors (Lipinski definition) is 1. The monoisotopic (exact) mass is 343 g/mol. The summed E-state index contributed by atoms with van der Waals surface area (Å²) >= 11 is 0. The van der Waals surface area contributed by atoms with Gasteiger partial charge in [-0.1, -0.05) is 61.7 Å². The Morgan fingerprint density at radius 2 is 2.04 bits per heavy atom. The molecule has 1 aliphatic carbocycles. The van der Waals surface area contributed by atoms with Gasteiger partial charge in [0.15, 0.2) is 17.6 Å². The summed E-state index contributed by atoms with van der Waals surface area (Å²) in [6.07, 6.45) is 7.62. The van der Waals surface area contributed by atoms with Gasteiger partial charge in [0.25, 0.3) is 0 Å². The smallest absolute Gasteiger partial charge is 0.348 e. The van der Waals surface area contributed by atoms with E-state index >= 15 is 0 Å². The molecule has 134 valence electrons. The molecule has 0 amide bonds. The number of esters is 1. The van der Waals surface area contributed by atoms with E-state index < -0.39 is 11.6 Å². The lowest BCUT2D eigenvalue weighted by Gasteiger charge is -2.31. The number of carbonyl (C=O) groups excluding carboxylic acids is 1. The summed E-state index contributed by atoms with van der Waals surface area (Å²) < 4.78 is 10.5. The van der Waals surface area contributed by atoms with E-state index in [1.807, 2.05) is 18.2 Å². The molecule has 1 aliphatic rings. The van der Waals surface area contributed by atoms with Gasteiger partial charge in [0, 0.05) is 5.92 Å². The van der Waals surface area contributed by atoms with Gasteiger partial charge in [-0.25, -0.2) is 4.79 Å². The van der Waals surface area contributed by atoms with E-state index in [9.17, 15) is 9.90 Å². The highest BCUT2D eigenvalue weighted by Gasteiger charge is 2.48. The lowest BCUT2D eigenvalue weighted by atomic mass is 9.80. The van der Waals surface area contributed by atoms with Crippen LogP contribution in [0.1, 0.15) is 56.7 Å². The summed E-state index contributed by atoms with van der Waals surface area (Å²) in [6, 6.07) is 9.09. The van der Waals surface area contributed by atoms with Gasteiger partial charge in [-0.15, -0.1) is 0 Å². The summed E-state index contributed by atoms with van der Waals surface area (Å²) in [6.45, 7) is 2.08. The standard InChI is InChI=1S/C20H25NO4/c1-2-3-13-17-18(14-24-21-17)25-19(22)20(23,16-11-7-8-12-16)15-9-5-4-6-10-15/h4-6,9-10,14,16,23H,2-3,7-8,11-13H2,1H3. The molecule has 1 unspecified atom stereocenters. The maximum Gasteiger partial charge on any atom is 0.348 e. The molecular weight excluding hydrogens is 318 g/mol. The maximum atomic E-state index is 13.0. The van der Waals surface area contributed by atoms with E-state index in [0.717, 1.165) is 38.5 Å². The van der Waals surface area contributed by atoms with Crippen molar-refractivity contribution in [2.45, 2.75) is 57.5 Å². The maximum absolute atomic E-state index is 13.0. The number of nitrogens with zero attached hydrogens (tertiary/aromatic N) is 1. The van der Waals surface area contributed by atoms with Gasteiger partial charge in [-0.05, 0) is 31.2 Å². The van der Waals surface area contributed by atoms with Crippen molar-refractivity contribution in [3.05, 3.63) is 47.9 Å². The highest BCUT2D eigenvalue weighted by Crippen LogP contribution is 2.41. The summed E-state index contributed by atoms with van der Waals surface area (Å²) in [5.41, 5.74) is -0.438. The van der Waals surface area contributed by atoms with Crippen molar-refractivity contribution in [1.29, 1.82) is 0 Å². The molecule has 0 spiro atoms. The predicted molar refractivity (Wildman–Crippen MR) is 93.0 cm³/mol. The van der Waals surface area contributed by atoms with E-state index in [1.165, 1.54) is 6.26 Å². The largest absolute Gasteiger partial charge is 0.419 e. The van der Waals surface area contributed by atoms with Crippen molar-refractivity contribution < 1.29 is 19.2 Å². The van der Waals surface area contributed by atoms with Crippen LogP contribution in [0.4, 0.5) is 0 Å². The number of aliphatic hydroxyl groups is 1. The molecule has 0 radical (unpaired) electrons. The first-order valence-electron chi connectivity index (χ1n) is 9.09. The van der Waals surface area contributed by atoms with Crippen LogP contribution in [0.5, 0.6) is 5.75 Å². The minimum Gasteiger partial charge on any atom is -0.419 e. The van der Waals surface area contributed by atoms with Crippen molar-refractivity contribution in [3.63, 3.8) is 0 Å². The molecule has 1 heterocycles. The molecule has 2 aromatic rings. The van der Waals surface area contributed by atoms with Crippen LogP contribution in [-0.2, 0) is 16.8 Å². The zero-order valence-electron chi connectivity index (χ0n) is 14.6. The van der Waals surface area contributed by atoms with Crippen LogP contribution in [0.25, 0.3) is 0 Å². The fourth-order valence-electron chi connectivity index (χ4n) is 3.58. The van der Waals surface area contributed by atoms with Gasteiger partial charge in [0.2, 0.25) is 0 Å². The summed E-state index contributed by atoms with van der Waals surface area (Å²) in [5.74, 6) is -0.473. The minimum atomic E-state index is -1.64. The van der Waals surface area contributed by atoms with Crippen LogP contribution in [0, 0.1) is 5.92 Å². The third-order valence-electron chi connectivity index (χ3n) is 5.05. The third kappa shape index (κ3) is 3.61. The lowest BCUT2D eigenvalue weighted by Crippen LogP contribution is -2.45. The first-order valence-corrected chi connectivity index (χ1v) is 9.09. The number of aromatic nitrogens is 1. The van der Waals surface area contributed by atoms with Crippen LogP contribution in [-0.4, -0.2) is 16.2 Å². The third-order valence-corrected chi connectivity index (χ3v) is 5.05. The number of carbonyl (C=O) groups is 1. The highest BCUT2D eigenvalue weighted by atomic mass is 16.6. The first kappa shape index (κ1) is 17.7. The molecule has 1 fully saturated rings. The Morgan fingerprint density at radius 3 is 2.72 bits per heavy atom. The molecule has 3 rings (SSSR count). The molecule has 1 saturated carbocycles. The molecule has 1 aromatic carbocycles. The Balaban J connectivity index is 1.86. The molecule has 5 heteroatoms. The Kier molecular flexibility index (Phi) is 5.53. The number of benzene rings is 1. The normalized spacial score (nSPS) is 17.4. The molecule has 1 atom stereocenters. The molecule has 1 N–H and O–H groups in total. The number of hydrogen-bond acceptors (Lipinski definition) is 5. The van der Waals surface area contributed by atoms with E-state index in [4.69, 9.17) is 9.26 Å². The Bertz CT molecular complexity index is 691. The van der Waals surface area contributed by atoms with Gasteiger partial charge in [0.1, 0.15) is 5.69 Å². The van der Waals surface area contributed by atoms with E-state index in [-0.39, 0.29) is 5.92 Å².